The zero-order chi connectivity index (χ0) is 22.5. The molecule has 0 radical (unpaired) electrons. The summed E-state index contributed by atoms with van der Waals surface area (Å²) in [4.78, 5) is 24.4. The number of hydrogen-bond donors (Lipinski definition) is 1. The quantitative estimate of drug-likeness (QED) is 0.582. The summed E-state index contributed by atoms with van der Waals surface area (Å²) in [6.45, 7) is 5.32. The van der Waals surface area contributed by atoms with Gasteiger partial charge in [0.15, 0.2) is 6.61 Å². The van der Waals surface area contributed by atoms with Crippen LogP contribution in [0.3, 0.4) is 0 Å². The Morgan fingerprint density at radius 3 is 2.33 bits per heavy atom. The summed E-state index contributed by atoms with van der Waals surface area (Å²) in [5, 5.41) is 3.05. The molecule has 0 heterocycles. The maximum absolute atomic E-state index is 12.7. The lowest BCUT2D eigenvalue weighted by Crippen LogP contribution is -2.30. The molecule has 0 saturated carbocycles. The van der Waals surface area contributed by atoms with Gasteiger partial charge in [-0.25, -0.2) is 13.2 Å². The largest absolute Gasteiger partial charge is 0.452 e. The first-order chi connectivity index (χ1) is 14.1. The number of aryl methyl sites for hydroxylation is 1. The van der Waals surface area contributed by atoms with E-state index in [1.807, 2.05) is 0 Å². The maximum Gasteiger partial charge on any atom is 0.340 e. The molecular formula is C20H22Cl2N2O5S. The van der Waals surface area contributed by atoms with Crippen molar-refractivity contribution >= 4 is 50.8 Å². The van der Waals surface area contributed by atoms with Gasteiger partial charge in [0, 0.05) is 23.8 Å². The highest BCUT2D eigenvalue weighted by molar-refractivity contribution is 7.89. The number of anilines is 1. The summed E-state index contributed by atoms with van der Waals surface area (Å²) in [5.41, 5.74) is 1.06. The molecule has 0 fully saturated rings. The smallest absolute Gasteiger partial charge is 0.340 e. The van der Waals surface area contributed by atoms with Crippen molar-refractivity contribution in [1.82, 2.24) is 4.31 Å². The van der Waals surface area contributed by atoms with Crippen LogP contribution in [0.2, 0.25) is 10.0 Å². The van der Waals surface area contributed by atoms with Crippen LogP contribution in [-0.2, 0) is 19.6 Å². The molecule has 0 spiro atoms. The van der Waals surface area contributed by atoms with Crippen LogP contribution in [-0.4, -0.2) is 44.3 Å². The highest BCUT2D eigenvalue weighted by Gasteiger charge is 2.22. The Kier molecular flexibility index (Phi) is 8.25. The van der Waals surface area contributed by atoms with Crippen LogP contribution in [0.25, 0.3) is 0 Å². The van der Waals surface area contributed by atoms with Gasteiger partial charge in [0.25, 0.3) is 5.91 Å². The van der Waals surface area contributed by atoms with E-state index in [9.17, 15) is 18.0 Å². The van der Waals surface area contributed by atoms with Crippen LogP contribution in [0.15, 0.2) is 41.3 Å². The molecule has 2 rings (SSSR count). The molecular weight excluding hydrogens is 451 g/mol. The van der Waals surface area contributed by atoms with Crippen LogP contribution in [0.1, 0.15) is 29.8 Å². The highest BCUT2D eigenvalue weighted by Crippen LogP contribution is 2.24. The van der Waals surface area contributed by atoms with Gasteiger partial charge in [-0.1, -0.05) is 43.1 Å². The minimum Gasteiger partial charge on any atom is -0.452 e. The number of benzene rings is 2. The van der Waals surface area contributed by atoms with Gasteiger partial charge < -0.3 is 10.1 Å². The molecule has 10 heteroatoms. The average Bonchev–Trinajstić information content (AvgIpc) is 2.68. The van der Waals surface area contributed by atoms with E-state index >= 15 is 0 Å². The second kappa shape index (κ2) is 10.3. The van der Waals surface area contributed by atoms with Crippen molar-refractivity contribution in [1.29, 1.82) is 0 Å². The first-order valence-corrected chi connectivity index (χ1v) is 11.3. The monoisotopic (exact) mass is 472 g/mol. The molecule has 0 unspecified atom stereocenters. The zero-order valence-electron chi connectivity index (χ0n) is 16.7. The van der Waals surface area contributed by atoms with Gasteiger partial charge in [0.05, 0.1) is 15.5 Å². The number of ether oxygens (including phenoxy) is 1. The van der Waals surface area contributed by atoms with Crippen molar-refractivity contribution in [3.05, 3.63) is 57.6 Å². The minimum absolute atomic E-state index is 0.0667. The Labute approximate surface area is 186 Å². The molecule has 162 valence electrons. The predicted octanol–water partition coefficient (Wildman–Crippen LogP) is 4.13. The van der Waals surface area contributed by atoms with E-state index in [1.54, 1.807) is 26.8 Å². The molecule has 1 N–H and O–H groups in total. The number of esters is 1. The number of hydrogen-bond acceptors (Lipinski definition) is 5. The van der Waals surface area contributed by atoms with Gasteiger partial charge in [0.1, 0.15) is 0 Å². The first kappa shape index (κ1) is 24.1. The summed E-state index contributed by atoms with van der Waals surface area (Å²) in [7, 11) is -3.68. The van der Waals surface area contributed by atoms with Crippen molar-refractivity contribution in [2.24, 2.45) is 0 Å². The third kappa shape index (κ3) is 5.72. The predicted molar refractivity (Wildman–Crippen MR) is 117 cm³/mol. The number of carbonyl (C=O) groups excluding carboxylic acids is 2. The number of rotatable bonds is 8. The van der Waals surface area contributed by atoms with E-state index in [1.165, 1.54) is 34.6 Å². The summed E-state index contributed by atoms with van der Waals surface area (Å²) >= 11 is 11.7. The normalized spacial score (nSPS) is 11.4. The SMILES string of the molecule is CCN(CC)S(=O)(=O)c1ccc(C)c(NC(=O)COC(=O)c2ccc(Cl)cc2Cl)c1. The zero-order valence-corrected chi connectivity index (χ0v) is 19.1. The molecule has 0 aliphatic heterocycles. The lowest BCUT2D eigenvalue weighted by atomic mass is 10.2. The maximum atomic E-state index is 12.7. The van der Waals surface area contributed by atoms with Crippen molar-refractivity contribution in [2.45, 2.75) is 25.7 Å². The van der Waals surface area contributed by atoms with E-state index in [4.69, 9.17) is 27.9 Å². The Morgan fingerprint density at radius 1 is 1.07 bits per heavy atom. The van der Waals surface area contributed by atoms with Crippen LogP contribution < -0.4 is 5.32 Å². The van der Waals surface area contributed by atoms with Gasteiger partial charge in [0.2, 0.25) is 10.0 Å². The van der Waals surface area contributed by atoms with Crippen LogP contribution in [0.4, 0.5) is 5.69 Å². The number of halogens is 2. The summed E-state index contributed by atoms with van der Waals surface area (Å²) in [6.07, 6.45) is 0. The van der Waals surface area contributed by atoms with E-state index in [2.05, 4.69) is 5.32 Å². The van der Waals surface area contributed by atoms with Crippen molar-refractivity contribution in [3.63, 3.8) is 0 Å². The average molecular weight is 473 g/mol. The topological polar surface area (TPSA) is 92.8 Å². The molecule has 0 aromatic heterocycles. The second-order valence-corrected chi connectivity index (χ2v) is 9.10. The molecule has 30 heavy (non-hydrogen) atoms. The molecule has 2 aromatic carbocycles. The van der Waals surface area contributed by atoms with Gasteiger partial charge in [-0.3, -0.25) is 4.79 Å². The molecule has 0 aliphatic rings. The molecule has 7 nitrogen and oxygen atoms in total. The lowest BCUT2D eigenvalue weighted by molar-refractivity contribution is -0.119. The van der Waals surface area contributed by atoms with Gasteiger partial charge in [-0.05, 0) is 42.8 Å². The fraction of sp³-hybridized carbons (Fsp3) is 0.300. The van der Waals surface area contributed by atoms with Gasteiger partial charge in [-0.2, -0.15) is 4.31 Å². The lowest BCUT2D eigenvalue weighted by Gasteiger charge is -2.19. The summed E-state index contributed by atoms with van der Waals surface area (Å²) < 4.78 is 31.7. The Hall–Kier alpha value is -2.13. The molecule has 1 amide bonds. The van der Waals surface area contributed by atoms with Crippen molar-refractivity contribution in [2.75, 3.05) is 25.0 Å². The van der Waals surface area contributed by atoms with Crippen molar-refractivity contribution < 1.29 is 22.7 Å². The van der Waals surface area contributed by atoms with Gasteiger partial charge in [-0.15, -0.1) is 0 Å². The molecule has 2 aromatic rings. The summed E-state index contributed by atoms with van der Waals surface area (Å²) in [5.74, 6) is -1.39. The van der Waals surface area contributed by atoms with E-state index < -0.39 is 28.5 Å². The number of nitrogens with one attached hydrogen (secondary N) is 1. The standard InChI is InChI=1S/C20H22Cl2N2O5S/c1-4-24(5-2)30(27,28)15-8-6-13(3)18(11-15)23-19(25)12-29-20(26)16-9-7-14(21)10-17(16)22/h6-11H,4-5,12H2,1-3H3,(H,23,25). The number of nitrogens with zero attached hydrogens (tertiary/aromatic N) is 1. The van der Waals surface area contributed by atoms with Crippen LogP contribution >= 0.6 is 23.2 Å². The Balaban J connectivity index is 2.10. The molecule has 0 aliphatic carbocycles. The first-order valence-electron chi connectivity index (χ1n) is 9.13. The Bertz CT molecular complexity index is 1050. The van der Waals surface area contributed by atoms with E-state index in [0.29, 0.717) is 29.4 Å². The van der Waals surface area contributed by atoms with E-state index in [-0.39, 0.29) is 15.5 Å². The third-order valence-electron chi connectivity index (χ3n) is 4.31. The fourth-order valence-electron chi connectivity index (χ4n) is 2.66. The number of amides is 1. The molecule has 0 saturated heterocycles. The van der Waals surface area contributed by atoms with Crippen LogP contribution in [0, 0.1) is 6.92 Å². The number of sulfonamides is 1. The number of carbonyl (C=O) groups is 2. The third-order valence-corrected chi connectivity index (χ3v) is 6.91. The second-order valence-electron chi connectivity index (χ2n) is 6.31. The van der Waals surface area contributed by atoms with Crippen molar-refractivity contribution in [3.8, 4) is 0 Å². The fourth-order valence-corrected chi connectivity index (χ4v) is 4.63. The van der Waals surface area contributed by atoms with Crippen LogP contribution in [0.5, 0.6) is 0 Å². The summed E-state index contributed by atoms with van der Waals surface area (Å²) in [6, 6.07) is 8.75. The highest BCUT2D eigenvalue weighted by atomic mass is 35.5. The minimum atomic E-state index is -3.68. The van der Waals surface area contributed by atoms with E-state index in [0.717, 1.165) is 0 Å². The molecule has 0 bridgehead atoms. The van der Waals surface area contributed by atoms with Gasteiger partial charge >= 0.3 is 5.97 Å². The Morgan fingerprint density at radius 2 is 1.73 bits per heavy atom. The molecule has 0 atom stereocenters.